The summed E-state index contributed by atoms with van der Waals surface area (Å²) in [6.45, 7) is 4.04. The van der Waals surface area contributed by atoms with E-state index in [2.05, 4.69) is 0 Å². The number of anilines is 1. The van der Waals surface area contributed by atoms with Crippen molar-refractivity contribution in [2.24, 2.45) is 0 Å². The van der Waals surface area contributed by atoms with E-state index in [1.54, 1.807) is 52.5 Å². The molecule has 7 nitrogen and oxygen atoms in total. The first-order valence-electron chi connectivity index (χ1n) is 9.64. The number of hydrogen-bond acceptors (Lipinski definition) is 5. The Labute approximate surface area is 179 Å². The number of hydrogen-bond donors (Lipinski definition) is 0. The van der Waals surface area contributed by atoms with Gasteiger partial charge >= 0.3 is 0 Å². The molecule has 0 aliphatic carbocycles. The Bertz CT molecular complexity index is 974. The summed E-state index contributed by atoms with van der Waals surface area (Å²) in [4.78, 5) is 14.8. The summed E-state index contributed by atoms with van der Waals surface area (Å²) in [6, 6.07) is 11.7. The second kappa shape index (κ2) is 9.84. The lowest BCUT2D eigenvalue weighted by Crippen LogP contribution is -2.49. The molecule has 0 saturated heterocycles. The van der Waals surface area contributed by atoms with Gasteiger partial charge in [-0.2, -0.15) is 0 Å². The number of carbonyl (C=O) groups excluding carboxylic acids is 1. The summed E-state index contributed by atoms with van der Waals surface area (Å²) in [6.07, 6.45) is 1.47. The summed E-state index contributed by atoms with van der Waals surface area (Å²) < 4.78 is 36.9. The number of aryl methyl sites for hydroxylation is 1. The van der Waals surface area contributed by atoms with Crippen LogP contribution in [0.1, 0.15) is 24.5 Å². The van der Waals surface area contributed by atoms with Crippen LogP contribution in [0.3, 0.4) is 0 Å². The first-order chi connectivity index (χ1) is 14.1. The molecule has 2 aromatic rings. The van der Waals surface area contributed by atoms with Crippen molar-refractivity contribution in [2.75, 3.05) is 31.8 Å². The third-order valence-corrected chi connectivity index (χ3v) is 6.02. The maximum Gasteiger partial charge on any atom is 0.246 e. The number of carbonyl (C=O) groups is 1. The number of methoxy groups -OCH3 is 2. The maximum atomic E-state index is 13.2. The third kappa shape index (κ3) is 5.44. The van der Waals surface area contributed by atoms with Gasteiger partial charge in [-0.15, -0.1) is 0 Å². The molecular weight excluding hydrogens is 404 g/mol. The van der Waals surface area contributed by atoms with Crippen LogP contribution in [-0.2, 0) is 21.4 Å². The Balaban J connectivity index is 2.31. The van der Waals surface area contributed by atoms with E-state index in [4.69, 9.17) is 9.47 Å². The average Bonchev–Trinajstić information content (AvgIpc) is 2.71. The van der Waals surface area contributed by atoms with Gasteiger partial charge in [0.15, 0.2) is 11.5 Å². The van der Waals surface area contributed by atoms with E-state index in [0.717, 1.165) is 17.4 Å². The van der Waals surface area contributed by atoms with Gasteiger partial charge in [-0.1, -0.05) is 30.7 Å². The zero-order valence-electron chi connectivity index (χ0n) is 18.4. The molecule has 0 N–H and O–H groups in total. The number of nitrogens with zero attached hydrogens (tertiary/aromatic N) is 2. The highest BCUT2D eigenvalue weighted by Crippen LogP contribution is 2.28. The second-order valence-corrected chi connectivity index (χ2v) is 9.06. The highest BCUT2D eigenvalue weighted by molar-refractivity contribution is 7.92. The van der Waals surface area contributed by atoms with Crippen LogP contribution < -0.4 is 13.8 Å². The molecule has 0 fully saturated rings. The van der Waals surface area contributed by atoms with Gasteiger partial charge in [0, 0.05) is 13.6 Å². The fourth-order valence-electron chi connectivity index (χ4n) is 3.32. The van der Waals surface area contributed by atoms with Gasteiger partial charge < -0.3 is 14.4 Å². The lowest BCUT2D eigenvalue weighted by atomic mass is 10.1. The van der Waals surface area contributed by atoms with E-state index < -0.39 is 16.1 Å². The molecule has 0 aliphatic rings. The van der Waals surface area contributed by atoms with Gasteiger partial charge in [-0.3, -0.25) is 9.10 Å². The maximum absolute atomic E-state index is 13.2. The minimum Gasteiger partial charge on any atom is -0.493 e. The predicted octanol–water partition coefficient (Wildman–Crippen LogP) is 3.22. The molecule has 0 radical (unpaired) electrons. The van der Waals surface area contributed by atoms with Gasteiger partial charge in [0.05, 0.1) is 26.2 Å². The molecule has 0 saturated carbocycles. The molecule has 2 rings (SSSR count). The molecule has 0 aliphatic heterocycles. The van der Waals surface area contributed by atoms with Crippen LogP contribution in [0.15, 0.2) is 42.5 Å². The first-order valence-corrected chi connectivity index (χ1v) is 11.5. The summed E-state index contributed by atoms with van der Waals surface area (Å²) in [5.41, 5.74) is 2.33. The minimum absolute atomic E-state index is 0.279. The highest BCUT2D eigenvalue weighted by atomic mass is 32.2. The van der Waals surface area contributed by atoms with E-state index in [0.29, 0.717) is 30.2 Å². The normalized spacial score (nSPS) is 12.2. The van der Waals surface area contributed by atoms with Crippen LogP contribution in [0.2, 0.25) is 0 Å². The van der Waals surface area contributed by atoms with E-state index in [-0.39, 0.29) is 5.91 Å². The zero-order valence-corrected chi connectivity index (χ0v) is 19.2. The van der Waals surface area contributed by atoms with E-state index in [1.165, 1.54) is 9.21 Å². The van der Waals surface area contributed by atoms with Crippen molar-refractivity contribution in [1.29, 1.82) is 0 Å². The van der Waals surface area contributed by atoms with Crippen LogP contribution in [0.5, 0.6) is 11.5 Å². The number of benzene rings is 2. The van der Waals surface area contributed by atoms with Crippen molar-refractivity contribution in [2.45, 2.75) is 32.9 Å². The molecule has 164 valence electrons. The molecular formula is C22H30N2O5S. The van der Waals surface area contributed by atoms with E-state index in [1.807, 2.05) is 25.1 Å². The number of amides is 1. The monoisotopic (exact) mass is 434 g/mol. The van der Waals surface area contributed by atoms with Crippen molar-refractivity contribution in [1.82, 2.24) is 4.90 Å². The predicted molar refractivity (Wildman–Crippen MR) is 119 cm³/mol. The van der Waals surface area contributed by atoms with Gasteiger partial charge in [0.25, 0.3) is 0 Å². The molecule has 1 unspecified atom stereocenters. The molecule has 30 heavy (non-hydrogen) atoms. The number of likely N-dealkylation sites (N-methyl/N-ethyl adjacent to an activating group) is 1. The quantitative estimate of drug-likeness (QED) is 0.606. The lowest BCUT2D eigenvalue weighted by Gasteiger charge is -2.33. The van der Waals surface area contributed by atoms with Crippen LogP contribution in [0, 0.1) is 6.92 Å². The van der Waals surface area contributed by atoms with Crippen molar-refractivity contribution in [3.8, 4) is 11.5 Å². The number of rotatable bonds is 9. The third-order valence-electron chi connectivity index (χ3n) is 4.84. The summed E-state index contributed by atoms with van der Waals surface area (Å²) >= 11 is 0. The molecule has 0 heterocycles. The number of ether oxygens (including phenoxy) is 2. The van der Waals surface area contributed by atoms with Crippen LogP contribution in [0.4, 0.5) is 5.69 Å². The molecule has 1 atom stereocenters. The highest BCUT2D eigenvalue weighted by Gasteiger charge is 2.33. The standard InChI is InChI=1S/C22H30N2O5S/c1-7-19(24(30(6,26)27)18-11-8-16(2)9-12-18)22(25)23(3)15-17-10-13-20(28-4)21(14-17)29-5/h8-14,19H,7,15H2,1-6H3. The minimum atomic E-state index is -3.66. The molecule has 0 aromatic heterocycles. The fourth-order valence-corrected chi connectivity index (χ4v) is 4.53. The van der Waals surface area contributed by atoms with E-state index in [9.17, 15) is 13.2 Å². The summed E-state index contributed by atoms with van der Waals surface area (Å²) in [5.74, 6) is 0.892. The molecule has 0 spiro atoms. The SMILES string of the molecule is CCC(C(=O)N(C)Cc1ccc(OC)c(OC)c1)N(c1ccc(C)cc1)S(C)(=O)=O. The van der Waals surface area contributed by atoms with Gasteiger partial charge in [-0.05, 0) is 43.2 Å². The summed E-state index contributed by atoms with van der Waals surface area (Å²) in [5, 5.41) is 0. The largest absolute Gasteiger partial charge is 0.493 e. The van der Waals surface area contributed by atoms with Gasteiger partial charge in [-0.25, -0.2) is 8.42 Å². The molecule has 1 amide bonds. The Morgan fingerprint density at radius 1 is 1.03 bits per heavy atom. The first kappa shape index (κ1) is 23.5. The van der Waals surface area contributed by atoms with Crippen molar-refractivity contribution in [3.63, 3.8) is 0 Å². The number of sulfonamides is 1. The van der Waals surface area contributed by atoms with Crippen molar-refractivity contribution < 1.29 is 22.7 Å². The molecule has 8 heteroatoms. The Hall–Kier alpha value is -2.74. The smallest absolute Gasteiger partial charge is 0.246 e. The van der Waals surface area contributed by atoms with Gasteiger partial charge in [0.2, 0.25) is 15.9 Å². The zero-order chi connectivity index (χ0) is 22.5. The average molecular weight is 435 g/mol. The van der Waals surface area contributed by atoms with Gasteiger partial charge in [0.1, 0.15) is 6.04 Å². The van der Waals surface area contributed by atoms with Crippen molar-refractivity contribution in [3.05, 3.63) is 53.6 Å². The van der Waals surface area contributed by atoms with Crippen molar-refractivity contribution >= 4 is 21.6 Å². The van der Waals surface area contributed by atoms with E-state index >= 15 is 0 Å². The Kier molecular flexibility index (Phi) is 7.72. The fraction of sp³-hybridized carbons (Fsp3) is 0.409. The Morgan fingerprint density at radius 2 is 1.63 bits per heavy atom. The topological polar surface area (TPSA) is 76.2 Å². The lowest BCUT2D eigenvalue weighted by molar-refractivity contribution is -0.131. The Morgan fingerprint density at radius 3 is 2.13 bits per heavy atom. The van der Waals surface area contributed by atoms with Crippen LogP contribution in [0.25, 0.3) is 0 Å². The van der Waals surface area contributed by atoms with Crippen LogP contribution >= 0.6 is 0 Å². The second-order valence-electron chi connectivity index (χ2n) is 7.20. The van der Waals surface area contributed by atoms with Crippen LogP contribution in [-0.4, -0.2) is 52.8 Å². The molecule has 0 bridgehead atoms. The molecule has 2 aromatic carbocycles. The summed E-state index contributed by atoms with van der Waals surface area (Å²) in [7, 11) is 1.11.